The van der Waals surface area contributed by atoms with Gasteiger partial charge in [-0.2, -0.15) is 0 Å². The predicted octanol–water partition coefficient (Wildman–Crippen LogP) is 15.5. The fraction of sp³-hybridized carbons (Fsp3) is 0.172. The monoisotopic (exact) mass is 757 g/mol. The van der Waals surface area contributed by atoms with Gasteiger partial charge in [0.1, 0.15) is 0 Å². The molecule has 0 amide bonds. The van der Waals surface area contributed by atoms with Gasteiger partial charge >= 0.3 is 0 Å². The number of nitrogens with zero attached hydrogens (tertiary/aromatic N) is 1. The van der Waals surface area contributed by atoms with Crippen molar-refractivity contribution in [3.05, 3.63) is 211 Å². The molecule has 1 heteroatoms. The van der Waals surface area contributed by atoms with Crippen LogP contribution in [0.5, 0.6) is 0 Å². The first-order valence-electron chi connectivity index (χ1n) is 21.8. The van der Waals surface area contributed by atoms with Gasteiger partial charge in [0, 0.05) is 22.4 Å². The molecule has 0 aromatic heterocycles. The van der Waals surface area contributed by atoms with Gasteiger partial charge in [0.05, 0.1) is 5.69 Å². The first kappa shape index (κ1) is 34.6. The summed E-state index contributed by atoms with van der Waals surface area (Å²) in [6, 6.07) is 74.5. The van der Waals surface area contributed by atoms with Gasteiger partial charge < -0.3 is 4.90 Å². The van der Waals surface area contributed by atoms with Crippen molar-refractivity contribution >= 4 is 17.1 Å². The van der Waals surface area contributed by atoms with Crippen LogP contribution in [0.25, 0.3) is 55.6 Å². The minimum atomic E-state index is 0.157. The first-order valence-corrected chi connectivity index (χ1v) is 21.8. The Morgan fingerprint density at radius 1 is 0.339 bits per heavy atom. The van der Waals surface area contributed by atoms with Crippen LogP contribution in [-0.2, 0) is 5.41 Å². The Hall–Kier alpha value is -6.44. The number of hydrogen-bond acceptors (Lipinski definition) is 1. The summed E-state index contributed by atoms with van der Waals surface area (Å²) in [6.07, 6.45) is 7.07. The molecule has 0 heterocycles. The first-order chi connectivity index (χ1) is 29.2. The molecule has 0 atom stereocenters. The van der Waals surface area contributed by atoms with E-state index in [1.165, 1.54) is 87.7 Å². The fourth-order valence-corrected chi connectivity index (χ4v) is 12.5. The Morgan fingerprint density at radius 2 is 0.847 bits per heavy atom. The quantitative estimate of drug-likeness (QED) is 0.156. The smallest absolute Gasteiger partial charge is 0.0540 e. The standard InChI is InChI=1S/C58H47N/c1-3-14-41(15-4-1)43-28-30-49(31-29-43)59(50-21-12-18-44(38-50)42-16-5-2-6-17-42)56-27-10-8-22-51(56)45-19-11-20-46(37-45)52-24-13-26-55-57(52)53-23-7-9-25-54(53)58(55)47-33-39-32-40(35-47)36-48(58)34-39/h1-31,37-40,47-48H,32-36H2. The molecule has 284 valence electrons. The molecule has 13 rings (SSSR count). The van der Waals surface area contributed by atoms with E-state index in [9.17, 15) is 0 Å². The molecule has 5 aliphatic carbocycles. The molecule has 59 heavy (non-hydrogen) atoms. The maximum atomic E-state index is 2.52. The third-order valence-electron chi connectivity index (χ3n) is 14.7. The number of fused-ring (bicyclic) bond motifs is 3. The number of benzene rings is 8. The molecular formula is C58H47N. The van der Waals surface area contributed by atoms with Crippen LogP contribution < -0.4 is 4.90 Å². The zero-order valence-electron chi connectivity index (χ0n) is 33.3. The largest absolute Gasteiger partial charge is 0.310 e. The summed E-state index contributed by atoms with van der Waals surface area (Å²) in [5.74, 6) is 3.37. The van der Waals surface area contributed by atoms with Crippen molar-refractivity contribution in [2.45, 2.75) is 37.5 Å². The molecule has 8 aromatic carbocycles. The van der Waals surface area contributed by atoms with Crippen LogP contribution in [0.3, 0.4) is 0 Å². The molecule has 1 nitrogen and oxygen atoms in total. The number of rotatable bonds is 7. The van der Waals surface area contributed by atoms with Crippen molar-refractivity contribution in [2.24, 2.45) is 23.7 Å². The van der Waals surface area contributed by atoms with Gasteiger partial charge in [-0.3, -0.25) is 0 Å². The minimum Gasteiger partial charge on any atom is -0.310 e. The van der Waals surface area contributed by atoms with Crippen LogP contribution >= 0.6 is 0 Å². The Bertz CT molecular complexity index is 2810. The van der Waals surface area contributed by atoms with Crippen molar-refractivity contribution in [2.75, 3.05) is 4.90 Å². The molecule has 1 spiro atoms. The highest BCUT2D eigenvalue weighted by Gasteiger charge is 2.61. The summed E-state index contributed by atoms with van der Waals surface area (Å²) in [4.78, 5) is 2.44. The summed E-state index contributed by atoms with van der Waals surface area (Å²) in [7, 11) is 0. The summed E-state index contributed by atoms with van der Waals surface area (Å²) < 4.78 is 0. The lowest BCUT2D eigenvalue weighted by molar-refractivity contribution is -0.0399. The molecule has 4 bridgehead atoms. The molecule has 0 radical (unpaired) electrons. The second-order valence-corrected chi connectivity index (χ2v) is 17.7. The van der Waals surface area contributed by atoms with E-state index in [4.69, 9.17) is 0 Å². The van der Waals surface area contributed by atoms with E-state index in [0.29, 0.717) is 0 Å². The molecule has 0 aliphatic heterocycles. The zero-order valence-corrected chi connectivity index (χ0v) is 33.3. The molecule has 8 aromatic rings. The maximum absolute atomic E-state index is 2.52. The highest BCUT2D eigenvalue weighted by atomic mass is 15.1. The van der Waals surface area contributed by atoms with E-state index < -0.39 is 0 Å². The van der Waals surface area contributed by atoms with Crippen LogP contribution in [0.15, 0.2) is 200 Å². The van der Waals surface area contributed by atoms with Crippen molar-refractivity contribution < 1.29 is 0 Å². The average molecular weight is 758 g/mol. The highest BCUT2D eigenvalue weighted by Crippen LogP contribution is 2.70. The molecule has 5 aliphatic rings. The summed E-state index contributed by atoms with van der Waals surface area (Å²) >= 11 is 0. The topological polar surface area (TPSA) is 3.24 Å². The molecule has 0 N–H and O–H groups in total. The SMILES string of the molecule is c1ccc(-c2ccc(N(c3cccc(-c4ccccc4)c3)c3ccccc3-c3cccc(-c4cccc5c4-c4ccccc4C54C5CC6CC(C5)CC4C6)c3)cc2)cc1. The predicted molar refractivity (Wildman–Crippen MR) is 246 cm³/mol. The third-order valence-corrected chi connectivity index (χ3v) is 14.7. The normalized spacial score (nSPS) is 22.0. The van der Waals surface area contributed by atoms with E-state index >= 15 is 0 Å². The van der Waals surface area contributed by atoms with E-state index in [2.05, 4.69) is 205 Å². The van der Waals surface area contributed by atoms with Gasteiger partial charge in [0.2, 0.25) is 0 Å². The van der Waals surface area contributed by atoms with Crippen molar-refractivity contribution in [1.82, 2.24) is 0 Å². The lowest BCUT2D eigenvalue weighted by Gasteiger charge is -2.61. The van der Waals surface area contributed by atoms with Gasteiger partial charge in [0.15, 0.2) is 0 Å². The van der Waals surface area contributed by atoms with Crippen LogP contribution in [0.2, 0.25) is 0 Å². The molecule has 0 unspecified atom stereocenters. The van der Waals surface area contributed by atoms with Gasteiger partial charge in [-0.05, 0) is 153 Å². The van der Waals surface area contributed by atoms with E-state index in [1.54, 1.807) is 11.1 Å². The Morgan fingerprint density at radius 3 is 1.58 bits per heavy atom. The molecule has 4 fully saturated rings. The molecule has 0 saturated heterocycles. The molecular weight excluding hydrogens is 711 g/mol. The van der Waals surface area contributed by atoms with Crippen LogP contribution in [0.1, 0.15) is 43.2 Å². The highest BCUT2D eigenvalue weighted by molar-refractivity contribution is 5.95. The minimum absolute atomic E-state index is 0.157. The molecule has 4 saturated carbocycles. The van der Waals surface area contributed by atoms with Crippen LogP contribution in [-0.4, -0.2) is 0 Å². The maximum Gasteiger partial charge on any atom is 0.0540 e. The van der Waals surface area contributed by atoms with Crippen LogP contribution in [0.4, 0.5) is 17.1 Å². The summed E-state index contributed by atoms with van der Waals surface area (Å²) in [5, 5.41) is 0. The second kappa shape index (κ2) is 13.8. The van der Waals surface area contributed by atoms with Gasteiger partial charge in [-0.15, -0.1) is 0 Å². The van der Waals surface area contributed by atoms with Gasteiger partial charge in [0.25, 0.3) is 0 Å². The summed E-state index contributed by atoms with van der Waals surface area (Å²) in [5.41, 5.74) is 19.7. The lowest BCUT2D eigenvalue weighted by Crippen LogP contribution is -2.55. The fourth-order valence-electron chi connectivity index (χ4n) is 12.5. The van der Waals surface area contributed by atoms with Gasteiger partial charge in [-0.1, -0.05) is 164 Å². The average Bonchev–Trinajstić information content (AvgIpc) is 3.60. The van der Waals surface area contributed by atoms with Crippen molar-refractivity contribution in [1.29, 1.82) is 0 Å². The Kier molecular flexibility index (Phi) is 8.12. The Labute approximate surface area is 348 Å². The van der Waals surface area contributed by atoms with E-state index in [0.717, 1.165) is 40.7 Å². The lowest BCUT2D eigenvalue weighted by atomic mass is 9.43. The van der Waals surface area contributed by atoms with Crippen LogP contribution in [0, 0.1) is 23.7 Å². The van der Waals surface area contributed by atoms with Gasteiger partial charge in [-0.25, -0.2) is 0 Å². The number of hydrogen-bond donors (Lipinski definition) is 0. The number of anilines is 3. The zero-order chi connectivity index (χ0) is 38.9. The third kappa shape index (κ3) is 5.51. The number of para-hydroxylation sites is 1. The van der Waals surface area contributed by atoms with E-state index in [-0.39, 0.29) is 5.41 Å². The second-order valence-electron chi connectivity index (χ2n) is 17.7. The van der Waals surface area contributed by atoms with Crippen molar-refractivity contribution in [3.8, 4) is 55.6 Å². The Balaban J connectivity index is 0.994. The van der Waals surface area contributed by atoms with Crippen molar-refractivity contribution in [3.63, 3.8) is 0 Å². The summed E-state index contributed by atoms with van der Waals surface area (Å²) in [6.45, 7) is 0. The van der Waals surface area contributed by atoms with E-state index in [1.807, 2.05) is 0 Å².